The number of carbonyl (C=O) groups excluding carboxylic acids is 4. The summed E-state index contributed by atoms with van der Waals surface area (Å²) in [5.41, 5.74) is 0. The highest BCUT2D eigenvalue weighted by atomic mass is 31.0. The quantitative estimate of drug-likeness (QED) is 0.301. The molecule has 2 amide bonds. The molecular weight excluding hydrogens is 213 g/mol. The van der Waals surface area contributed by atoms with Gasteiger partial charge in [0.25, 0.3) is 11.8 Å². The highest BCUT2D eigenvalue weighted by molar-refractivity contribution is 7.11. The first-order valence-corrected chi connectivity index (χ1v) is 3.81. The molecule has 1 atom stereocenters. The number of nitrogens with zero attached hydrogens (tertiary/aromatic N) is 1. The Morgan fingerprint density at radius 3 is 1.71 bits per heavy atom. The first kappa shape index (κ1) is 12.5. The molecular formula is C6H8NO6P. The van der Waals surface area contributed by atoms with E-state index < -0.39 is 23.8 Å². The van der Waals surface area contributed by atoms with Gasteiger partial charge in [-0.1, -0.05) is 0 Å². The molecule has 78 valence electrons. The third-order valence-corrected chi connectivity index (χ3v) is 1.23. The molecule has 0 N–H and O–H groups in total. The Balaban J connectivity index is 4.47. The van der Waals surface area contributed by atoms with Crippen molar-refractivity contribution in [1.82, 2.24) is 5.06 Å². The van der Waals surface area contributed by atoms with Gasteiger partial charge in [0, 0.05) is 13.8 Å². The summed E-state index contributed by atoms with van der Waals surface area (Å²) in [6.07, 6.45) is 0. The third-order valence-electron chi connectivity index (χ3n) is 1.02. The van der Waals surface area contributed by atoms with Crippen molar-refractivity contribution in [3.8, 4) is 0 Å². The van der Waals surface area contributed by atoms with Crippen molar-refractivity contribution in [1.29, 1.82) is 0 Å². The first-order chi connectivity index (χ1) is 6.40. The highest BCUT2D eigenvalue weighted by Gasteiger charge is 2.25. The predicted molar refractivity (Wildman–Crippen MR) is 45.1 cm³/mol. The second-order valence-electron chi connectivity index (χ2n) is 2.12. The summed E-state index contributed by atoms with van der Waals surface area (Å²) in [4.78, 5) is 46.8. The Hall–Kier alpha value is -1.49. The minimum absolute atomic E-state index is 0.157. The molecule has 0 heterocycles. The van der Waals surface area contributed by atoms with Crippen molar-refractivity contribution in [3.63, 3.8) is 0 Å². The van der Waals surface area contributed by atoms with Gasteiger partial charge in [-0.2, -0.15) is 0 Å². The molecule has 0 fully saturated rings. The standard InChI is InChI=1S/C6H8NO6P/c1-3(8)7(4(2)9)12-5(10)6(11)13-14/h14H2,1-2H3. The molecule has 0 aliphatic carbocycles. The highest BCUT2D eigenvalue weighted by Crippen LogP contribution is 1.97. The van der Waals surface area contributed by atoms with Crippen LogP contribution in [0.1, 0.15) is 13.8 Å². The molecule has 0 aliphatic heterocycles. The Labute approximate surface area is 81.6 Å². The molecule has 7 nitrogen and oxygen atoms in total. The van der Waals surface area contributed by atoms with Crippen LogP contribution in [0.15, 0.2) is 0 Å². The molecule has 0 aliphatic rings. The SMILES string of the molecule is CC(=O)N(OC(=O)C(=O)OP)C(C)=O. The summed E-state index contributed by atoms with van der Waals surface area (Å²) in [5, 5.41) is 0.157. The second kappa shape index (κ2) is 5.29. The van der Waals surface area contributed by atoms with Gasteiger partial charge in [0.1, 0.15) is 0 Å². The van der Waals surface area contributed by atoms with Crippen molar-refractivity contribution in [2.75, 3.05) is 0 Å². The zero-order valence-electron chi connectivity index (χ0n) is 7.47. The fraction of sp³-hybridized carbons (Fsp3) is 0.333. The van der Waals surface area contributed by atoms with Gasteiger partial charge in [0.15, 0.2) is 0 Å². The molecule has 0 spiro atoms. The summed E-state index contributed by atoms with van der Waals surface area (Å²) >= 11 is 0. The van der Waals surface area contributed by atoms with Crippen LogP contribution in [0.25, 0.3) is 0 Å². The molecule has 0 radical (unpaired) electrons. The minimum Gasteiger partial charge on any atom is -0.443 e. The monoisotopic (exact) mass is 221 g/mol. The Morgan fingerprint density at radius 2 is 1.43 bits per heavy atom. The molecule has 0 aromatic rings. The van der Waals surface area contributed by atoms with E-state index in [0.29, 0.717) is 0 Å². The zero-order chi connectivity index (χ0) is 11.3. The number of amides is 2. The van der Waals surface area contributed by atoms with Crippen LogP contribution in [-0.4, -0.2) is 28.8 Å². The lowest BCUT2D eigenvalue weighted by Gasteiger charge is -2.13. The predicted octanol–water partition coefficient (Wildman–Crippen LogP) is -0.827. The number of carbonyl (C=O) groups is 4. The summed E-state index contributed by atoms with van der Waals surface area (Å²) < 4.78 is 3.93. The number of hydrogen-bond donors (Lipinski definition) is 0. The normalized spacial score (nSPS) is 8.79. The summed E-state index contributed by atoms with van der Waals surface area (Å²) in [7, 11) is 1.53. The zero-order valence-corrected chi connectivity index (χ0v) is 8.63. The van der Waals surface area contributed by atoms with Crippen LogP contribution in [0.3, 0.4) is 0 Å². The maximum atomic E-state index is 10.7. The third kappa shape index (κ3) is 3.49. The molecule has 0 aromatic carbocycles. The topological polar surface area (TPSA) is 90.0 Å². The Kier molecular flexibility index (Phi) is 4.72. The van der Waals surface area contributed by atoms with Gasteiger partial charge < -0.3 is 9.36 Å². The van der Waals surface area contributed by atoms with Gasteiger partial charge in [-0.15, -0.1) is 5.06 Å². The van der Waals surface area contributed by atoms with Crippen LogP contribution in [-0.2, 0) is 28.5 Å². The van der Waals surface area contributed by atoms with E-state index in [9.17, 15) is 19.2 Å². The molecule has 14 heavy (non-hydrogen) atoms. The lowest BCUT2D eigenvalue weighted by molar-refractivity contribution is -0.202. The fourth-order valence-electron chi connectivity index (χ4n) is 0.519. The minimum atomic E-state index is -1.45. The average molecular weight is 221 g/mol. The van der Waals surface area contributed by atoms with Crippen LogP contribution in [0, 0.1) is 0 Å². The van der Waals surface area contributed by atoms with E-state index in [1.807, 2.05) is 0 Å². The average Bonchev–Trinajstić information content (AvgIpc) is 2.11. The summed E-state index contributed by atoms with van der Waals surface area (Å²) in [5.74, 6) is -4.42. The van der Waals surface area contributed by atoms with E-state index in [-0.39, 0.29) is 5.06 Å². The molecule has 0 saturated carbocycles. The van der Waals surface area contributed by atoms with Gasteiger partial charge in [-0.05, 0) is 0 Å². The van der Waals surface area contributed by atoms with Crippen LogP contribution >= 0.6 is 9.47 Å². The fourth-order valence-corrected chi connectivity index (χ4v) is 0.615. The Bertz CT molecular complexity index is 274. The summed E-state index contributed by atoms with van der Waals surface area (Å²) in [6, 6.07) is 0. The number of hydrogen-bond acceptors (Lipinski definition) is 6. The van der Waals surface area contributed by atoms with Crippen molar-refractivity contribution < 1.29 is 28.5 Å². The smallest absolute Gasteiger partial charge is 0.442 e. The van der Waals surface area contributed by atoms with Gasteiger partial charge in [-0.25, -0.2) is 9.59 Å². The van der Waals surface area contributed by atoms with E-state index in [2.05, 4.69) is 9.36 Å². The van der Waals surface area contributed by atoms with Gasteiger partial charge in [-0.3, -0.25) is 9.59 Å². The van der Waals surface area contributed by atoms with Gasteiger partial charge in [0.05, 0.1) is 9.47 Å². The van der Waals surface area contributed by atoms with E-state index >= 15 is 0 Å². The number of imide groups is 1. The van der Waals surface area contributed by atoms with Crippen molar-refractivity contribution >= 4 is 33.2 Å². The van der Waals surface area contributed by atoms with Gasteiger partial charge >= 0.3 is 11.9 Å². The maximum absolute atomic E-state index is 10.7. The molecule has 0 rings (SSSR count). The van der Waals surface area contributed by atoms with E-state index in [4.69, 9.17) is 0 Å². The number of rotatable bonds is 0. The molecule has 1 unspecified atom stereocenters. The second-order valence-corrected chi connectivity index (χ2v) is 2.35. The van der Waals surface area contributed by atoms with Crippen LogP contribution in [0.4, 0.5) is 0 Å². The lowest BCUT2D eigenvalue weighted by Crippen LogP contribution is -2.37. The van der Waals surface area contributed by atoms with Crippen LogP contribution in [0.2, 0.25) is 0 Å². The van der Waals surface area contributed by atoms with Crippen molar-refractivity contribution in [3.05, 3.63) is 0 Å². The van der Waals surface area contributed by atoms with Crippen LogP contribution < -0.4 is 0 Å². The van der Waals surface area contributed by atoms with Crippen molar-refractivity contribution in [2.24, 2.45) is 0 Å². The molecule has 8 heteroatoms. The van der Waals surface area contributed by atoms with E-state index in [1.54, 1.807) is 0 Å². The first-order valence-electron chi connectivity index (χ1n) is 3.34. The summed E-state index contributed by atoms with van der Waals surface area (Å²) in [6.45, 7) is 2.00. The largest absolute Gasteiger partial charge is 0.443 e. The van der Waals surface area contributed by atoms with Crippen LogP contribution in [0.5, 0.6) is 0 Å². The molecule has 0 saturated heterocycles. The Morgan fingerprint density at radius 1 is 1.00 bits per heavy atom. The van der Waals surface area contributed by atoms with E-state index in [0.717, 1.165) is 13.8 Å². The van der Waals surface area contributed by atoms with Crippen molar-refractivity contribution in [2.45, 2.75) is 13.8 Å². The maximum Gasteiger partial charge on any atom is 0.442 e. The van der Waals surface area contributed by atoms with Gasteiger partial charge in [0.2, 0.25) is 0 Å². The molecule has 0 bridgehead atoms. The lowest BCUT2D eigenvalue weighted by atomic mass is 10.6. The molecule has 0 aromatic heterocycles. The van der Waals surface area contributed by atoms with E-state index in [1.165, 1.54) is 9.47 Å². The number of hydroxylamine groups is 2.